The molecule has 1 saturated heterocycles. The van der Waals surface area contributed by atoms with Crippen molar-refractivity contribution in [1.29, 1.82) is 0 Å². The normalized spacial score (nSPS) is 21.8. The molecule has 2 aliphatic heterocycles. The largest absolute Gasteiger partial charge is 0.490 e. The van der Waals surface area contributed by atoms with Gasteiger partial charge in [0.15, 0.2) is 11.6 Å². The molecule has 0 spiro atoms. The van der Waals surface area contributed by atoms with E-state index in [1.165, 1.54) is 0 Å². The number of carboxylic acids is 1. The van der Waals surface area contributed by atoms with Gasteiger partial charge in [0.1, 0.15) is 6.33 Å². The molecule has 3 N–H and O–H groups in total. The number of carbonyl (C=O) groups is 1. The van der Waals surface area contributed by atoms with Gasteiger partial charge in [-0.15, -0.1) is 0 Å². The molecule has 1 aromatic heterocycles. The molecule has 3 rings (SSSR count). The summed E-state index contributed by atoms with van der Waals surface area (Å²) in [6.07, 6.45) is -1.32. The molecule has 0 aliphatic carbocycles. The fourth-order valence-electron chi connectivity index (χ4n) is 3.05. The second-order valence-corrected chi connectivity index (χ2v) is 7.03. The van der Waals surface area contributed by atoms with Crippen LogP contribution < -0.4 is 20.3 Å². The summed E-state index contributed by atoms with van der Waals surface area (Å²) in [5, 5.41) is 14.0. The number of aromatic nitrogens is 2. The number of likely N-dealkylation sites (N-methyl/N-ethyl adjacent to an activating group) is 1. The van der Waals surface area contributed by atoms with Crippen molar-refractivity contribution in [3.05, 3.63) is 6.33 Å². The zero-order valence-electron chi connectivity index (χ0n) is 16.1. The minimum Gasteiger partial charge on any atom is -0.486 e. The van der Waals surface area contributed by atoms with E-state index >= 15 is 0 Å². The minimum absolute atomic E-state index is 0.401. The fourth-order valence-corrected chi connectivity index (χ4v) is 3.05. The average Bonchev–Trinajstić information content (AvgIpc) is 2.99. The van der Waals surface area contributed by atoms with E-state index in [1.807, 2.05) is 7.05 Å². The summed E-state index contributed by atoms with van der Waals surface area (Å²) in [5.41, 5.74) is 0. The summed E-state index contributed by atoms with van der Waals surface area (Å²) in [4.78, 5) is 20.1. The van der Waals surface area contributed by atoms with Gasteiger partial charge in [-0.25, -0.2) is 14.8 Å². The van der Waals surface area contributed by atoms with E-state index in [0.29, 0.717) is 24.6 Å². The van der Waals surface area contributed by atoms with Crippen molar-refractivity contribution in [1.82, 2.24) is 15.3 Å². The van der Waals surface area contributed by atoms with Crippen LogP contribution in [-0.2, 0) is 4.79 Å². The van der Waals surface area contributed by atoms with E-state index < -0.39 is 12.1 Å². The van der Waals surface area contributed by atoms with E-state index in [-0.39, 0.29) is 0 Å². The van der Waals surface area contributed by atoms with Crippen molar-refractivity contribution in [3.8, 4) is 5.75 Å². The molecule has 0 unspecified atom stereocenters. The quantitative estimate of drug-likeness (QED) is 0.703. The van der Waals surface area contributed by atoms with Crippen LogP contribution in [0.2, 0.25) is 0 Å². The average molecular weight is 405 g/mol. The van der Waals surface area contributed by atoms with Crippen molar-refractivity contribution in [2.24, 2.45) is 5.92 Å². The minimum atomic E-state index is -5.08. The number of anilines is 2. The first-order valence-corrected chi connectivity index (χ1v) is 9.10. The van der Waals surface area contributed by atoms with Crippen LogP contribution in [0.4, 0.5) is 24.8 Å². The summed E-state index contributed by atoms with van der Waals surface area (Å²) in [6.45, 7) is 7.14. The van der Waals surface area contributed by atoms with Crippen LogP contribution in [0.1, 0.15) is 26.7 Å². The highest BCUT2D eigenvalue weighted by molar-refractivity contribution is 5.73. The van der Waals surface area contributed by atoms with E-state index in [0.717, 1.165) is 43.3 Å². The van der Waals surface area contributed by atoms with Crippen LogP contribution in [0.25, 0.3) is 0 Å². The molecule has 158 valence electrons. The van der Waals surface area contributed by atoms with Gasteiger partial charge >= 0.3 is 12.1 Å². The maximum Gasteiger partial charge on any atom is 0.490 e. The Labute approximate surface area is 161 Å². The number of ether oxygens (including phenoxy) is 1. The Balaban J connectivity index is 0.000000345. The molecule has 8 nitrogen and oxygen atoms in total. The third kappa shape index (κ3) is 5.60. The summed E-state index contributed by atoms with van der Waals surface area (Å²) in [5.74, 6) is 0.377. The maximum absolute atomic E-state index is 10.6. The molecular formula is C17H26F3N5O3. The molecule has 0 amide bonds. The number of hydrogen-bond donors (Lipinski definition) is 3. The van der Waals surface area contributed by atoms with Gasteiger partial charge in [0.05, 0.1) is 6.61 Å². The zero-order chi connectivity index (χ0) is 20.9. The highest BCUT2D eigenvalue weighted by atomic mass is 19.4. The molecule has 2 aliphatic rings. The van der Waals surface area contributed by atoms with E-state index in [4.69, 9.17) is 14.6 Å². The van der Waals surface area contributed by atoms with Gasteiger partial charge in [-0.2, -0.15) is 13.2 Å². The lowest BCUT2D eigenvalue weighted by Gasteiger charge is -2.22. The highest BCUT2D eigenvalue weighted by Crippen LogP contribution is 2.36. The Morgan fingerprint density at radius 2 is 2.07 bits per heavy atom. The highest BCUT2D eigenvalue weighted by Gasteiger charge is 2.38. The van der Waals surface area contributed by atoms with Crippen LogP contribution >= 0.6 is 0 Å². The summed E-state index contributed by atoms with van der Waals surface area (Å²) in [7, 11) is 2.01. The first kappa shape index (κ1) is 22.0. The van der Waals surface area contributed by atoms with Crippen molar-refractivity contribution in [2.75, 3.05) is 37.0 Å². The van der Waals surface area contributed by atoms with Crippen molar-refractivity contribution in [3.63, 3.8) is 0 Å². The summed E-state index contributed by atoms with van der Waals surface area (Å²) < 4.78 is 37.7. The van der Waals surface area contributed by atoms with Crippen LogP contribution in [0, 0.1) is 5.92 Å². The molecule has 11 heteroatoms. The van der Waals surface area contributed by atoms with E-state index in [1.54, 1.807) is 6.33 Å². The first-order valence-electron chi connectivity index (χ1n) is 9.10. The zero-order valence-corrected chi connectivity index (χ0v) is 16.1. The van der Waals surface area contributed by atoms with E-state index in [9.17, 15) is 13.2 Å². The number of hydrogen-bond acceptors (Lipinski definition) is 7. The number of halogens is 3. The maximum atomic E-state index is 10.6. The second kappa shape index (κ2) is 9.26. The number of carboxylic acid groups (broad SMARTS) is 1. The number of nitrogens with one attached hydrogen (secondary N) is 2. The molecule has 28 heavy (non-hydrogen) atoms. The number of nitrogens with zero attached hydrogens (tertiary/aromatic N) is 3. The predicted octanol–water partition coefficient (Wildman–Crippen LogP) is 2.13. The van der Waals surface area contributed by atoms with Gasteiger partial charge in [-0.1, -0.05) is 13.8 Å². The number of alkyl halides is 3. The van der Waals surface area contributed by atoms with Crippen molar-refractivity contribution < 1.29 is 27.8 Å². The van der Waals surface area contributed by atoms with E-state index in [2.05, 4.69) is 39.3 Å². The lowest BCUT2D eigenvalue weighted by molar-refractivity contribution is -0.192. The van der Waals surface area contributed by atoms with Crippen LogP contribution in [0.5, 0.6) is 5.75 Å². The molecule has 0 saturated carbocycles. The lowest BCUT2D eigenvalue weighted by Crippen LogP contribution is -2.30. The van der Waals surface area contributed by atoms with Crippen molar-refractivity contribution in [2.45, 2.75) is 44.9 Å². The summed E-state index contributed by atoms with van der Waals surface area (Å²) in [6, 6.07) is 0.926. The Morgan fingerprint density at radius 1 is 1.39 bits per heavy atom. The smallest absolute Gasteiger partial charge is 0.486 e. The molecule has 0 bridgehead atoms. The molecule has 1 aromatic rings. The van der Waals surface area contributed by atoms with Crippen LogP contribution in [0.3, 0.4) is 0 Å². The molecule has 3 heterocycles. The van der Waals surface area contributed by atoms with Gasteiger partial charge in [0.2, 0.25) is 5.75 Å². The van der Waals surface area contributed by atoms with Crippen molar-refractivity contribution >= 4 is 17.6 Å². The van der Waals surface area contributed by atoms with Crippen LogP contribution in [-0.4, -0.2) is 66.0 Å². The van der Waals surface area contributed by atoms with Gasteiger partial charge in [-0.05, 0) is 19.4 Å². The number of rotatable bonds is 3. The fraction of sp³-hybridized carbons (Fsp3) is 0.706. The SMILES string of the molecule is CN[C@@H]1CCN(c2ncnc3c2OCC[C@H](C(C)C)N3)C1.O=C(O)C(F)(F)F. The number of aliphatic carboxylic acids is 1. The van der Waals surface area contributed by atoms with Gasteiger partial charge in [-0.3, -0.25) is 0 Å². The monoisotopic (exact) mass is 405 g/mol. The lowest BCUT2D eigenvalue weighted by atomic mass is 10.0. The third-order valence-electron chi connectivity index (χ3n) is 4.73. The predicted molar refractivity (Wildman–Crippen MR) is 97.8 cm³/mol. The Hall–Kier alpha value is -2.30. The topological polar surface area (TPSA) is 99.6 Å². The van der Waals surface area contributed by atoms with Gasteiger partial charge in [0, 0.05) is 31.6 Å². The molecule has 0 radical (unpaired) electrons. The standard InChI is InChI=1S/C15H25N5O.C2HF3O2/c1-10(2)12-5-7-21-13-14(19-12)17-9-18-15(13)20-6-4-11(8-20)16-3;3-2(4,5)1(6)7/h9-12,16H,4-8H2,1-3H3,(H,17,18,19);(H,6,7)/t11-,12-;/m1./s1. The first-order chi connectivity index (χ1) is 13.1. The van der Waals surface area contributed by atoms with Gasteiger partial charge < -0.3 is 25.4 Å². The van der Waals surface area contributed by atoms with Crippen LogP contribution in [0.15, 0.2) is 6.33 Å². The van der Waals surface area contributed by atoms with Gasteiger partial charge in [0.25, 0.3) is 0 Å². The molecule has 0 aromatic carbocycles. The Kier molecular flexibility index (Phi) is 7.28. The molecule has 1 fully saturated rings. The molecule has 2 atom stereocenters. The molecular weight excluding hydrogens is 379 g/mol. The second-order valence-electron chi connectivity index (χ2n) is 7.03. The third-order valence-corrected chi connectivity index (χ3v) is 4.73. The summed E-state index contributed by atoms with van der Waals surface area (Å²) >= 11 is 0. The Morgan fingerprint density at radius 3 is 2.61 bits per heavy atom. The number of fused-ring (bicyclic) bond motifs is 1. The Bertz CT molecular complexity index is 672.